The molecule has 1 saturated carbocycles. The normalized spacial score (nSPS) is 15.5. The van der Waals surface area contributed by atoms with Crippen LogP contribution in [0.4, 0.5) is 0 Å². The molecule has 1 aliphatic carbocycles. The topological polar surface area (TPSA) is 17.1 Å². The smallest absolute Gasteiger partial charge is 0.163 e. The van der Waals surface area contributed by atoms with Crippen molar-refractivity contribution in [2.24, 2.45) is 5.92 Å². The fourth-order valence-corrected chi connectivity index (χ4v) is 1.88. The van der Waals surface area contributed by atoms with Gasteiger partial charge in [-0.1, -0.05) is 34.1 Å². The Morgan fingerprint density at radius 3 is 2.86 bits per heavy atom. The Hall–Kier alpha value is -0.630. The molecule has 0 heterocycles. The van der Waals surface area contributed by atoms with Crippen molar-refractivity contribution in [3.8, 4) is 0 Å². The summed E-state index contributed by atoms with van der Waals surface area (Å²) in [6.07, 6.45) is 3.22. The zero-order valence-electron chi connectivity index (χ0n) is 8.00. The average Bonchev–Trinajstić information content (AvgIpc) is 3.02. The van der Waals surface area contributed by atoms with E-state index in [9.17, 15) is 4.79 Å². The minimum Gasteiger partial charge on any atom is -0.294 e. The molecule has 1 fully saturated rings. The molecule has 0 aromatic heterocycles. The second-order valence-corrected chi connectivity index (χ2v) is 4.47. The average molecular weight is 253 g/mol. The van der Waals surface area contributed by atoms with Crippen LogP contribution in [0.2, 0.25) is 0 Å². The Labute approximate surface area is 92.6 Å². The maximum atomic E-state index is 11.7. The molecule has 0 bridgehead atoms. The molecule has 0 unspecified atom stereocenters. The van der Waals surface area contributed by atoms with Gasteiger partial charge in [-0.25, -0.2) is 0 Å². The molecule has 0 N–H and O–H groups in total. The molecule has 1 aromatic rings. The van der Waals surface area contributed by atoms with Gasteiger partial charge in [0.05, 0.1) is 0 Å². The third kappa shape index (κ3) is 2.44. The van der Waals surface area contributed by atoms with Gasteiger partial charge < -0.3 is 0 Å². The molecule has 0 saturated heterocycles. The second-order valence-electron chi connectivity index (χ2n) is 3.90. The summed E-state index contributed by atoms with van der Waals surface area (Å²) in [6.45, 7) is 0. The number of carbonyl (C=O) groups is 1. The van der Waals surface area contributed by atoms with Crippen molar-refractivity contribution in [2.75, 3.05) is 0 Å². The van der Waals surface area contributed by atoms with Crippen molar-refractivity contribution in [1.29, 1.82) is 0 Å². The van der Waals surface area contributed by atoms with Gasteiger partial charge in [-0.15, -0.1) is 0 Å². The zero-order valence-corrected chi connectivity index (χ0v) is 9.59. The predicted molar refractivity (Wildman–Crippen MR) is 60.7 cm³/mol. The van der Waals surface area contributed by atoms with Gasteiger partial charge in [-0.2, -0.15) is 0 Å². The molecule has 1 aromatic carbocycles. The molecule has 2 rings (SSSR count). The van der Waals surface area contributed by atoms with E-state index in [0.717, 1.165) is 17.3 Å². The number of hydrogen-bond donors (Lipinski definition) is 0. The third-order valence-electron chi connectivity index (χ3n) is 2.57. The highest BCUT2D eigenvalue weighted by molar-refractivity contribution is 9.08. The molecule has 0 amide bonds. The largest absolute Gasteiger partial charge is 0.294 e. The maximum absolute atomic E-state index is 11.7. The highest BCUT2D eigenvalue weighted by atomic mass is 79.9. The first kappa shape index (κ1) is 9.91. The quantitative estimate of drug-likeness (QED) is 0.592. The van der Waals surface area contributed by atoms with Crippen LogP contribution in [0, 0.1) is 5.92 Å². The monoisotopic (exact) mass is 252 g/mol. The van der Waals surface area contributed by atoms with Crippen LogP contribution in [0.1, 0.15) is 35.2 Å². The number of halogens is 1. The Balaban J connectivity index is 2.09. The lowest BCUT2D eigenvalue weighted by Gasteiger charge is -2.01. The molecule has 0 aliphatic heterocycles. The number of alkyl halides is 1. The van der Waals surface area contributed by atoms with Crippen LogP contribution in [0.25, 0.3) is 0 Å². The molecule has 1 nitrogen and oxygen atoms in total. The summed E-state index contributed by atoms with van der Waals surface area (Å²) in [5.41, 5.74) is 2.04. The van der Waals surface area contributed by atoms with Crippen molar-refractivity contribution >= 4 is 21.7 Å². The summed E-state index contributed by atoms with van der Waals surface area (Å²) in [6, 6.07) is 7.88. The second kappa shape index (κ2) is 4.26. The van der Waals surface area contributed by atoms with Crippen LogP contribution >= 0.6 is 15.9 Å². The zero-order chi connectivity index (χ0) is 9.97. The molecular formula is C12H13BrO. The van der Waals surface area contributed by atoms with Crippen LogP contribution in [-0.2, 0) is 5.33 Å². The summed E-state index contributed by atoms with van der Waals surface area (Å²) in [7, 11) is 0. The van der Waals surface area contributed by atoms with Crippen molar-refractivity contribution in [3.63, 3.8) is 0 Å². The Kier molecular flexibility index (Phi) is 3.02. The van der Waals surface area contributed by atoms with Crippen molar-refractivity contribution in [3.05, 3.63) is 35.4 Å². The van der Waals surface area contributed by atoms with E-state index in [-0.39, 0.29) is 0 Å². The Morgan fingerprint density at radius 2 is 2.21 bits per heavy atom. The number of benzene rings is 1. The van der Waals surface area contributed by atoms with Gasteiger partial charge in [-0.05, 0) is 30.4 Å². The van der Waals surface area contributed by atoms with E-state index in [2.05, 4.69) is 15.9 Å². The van der Waals surface area contributed by atoms with Gasteiger partial charge in [0.15, 0.2) is 5.78 Å². The van der Waals surface area contributed by atoms with Gasteiger partial charge in [0.25, 0.3) is 0 Å². The van der Waals surface area contributed by atoms with Crippen LogP contribution < -0.4 is 0 Å². The number of carbonyl (C=O) groups excluding carboxylic acids is 1. The summed E-state index contributed by atoms with van der Waals surface area (Å²) in [5, 5.41) is 0.817. The van der Waals surface area contributed by atoms with Gasteiger partial charge in [0, 0.05) is 17.3 Å². The van der Waals surface area contributed by atoms with E-state index < -0.39 is 0 Å². The highest BCUT2D eigenvalue weighted by Gasteiger charge is 2.24. The number of ketones is 1. The maximum Gasteiger partial charge on any atom is 0.163 e. The van der Waals surface area contributed by atoms with Gasteiger partial charge >= 0.3 is 0 Å². The molecule has 0 spiro atoms. The Bertz CT molecular complexity index is 342. The fourth-order valence-electron chi connectivity index (χ4n) is 1.53. The van der Waals surface area contributed by atoms with Crippen molar-refractivity contribution in [2.45, 2.75) is 24.6 Å². The number of Topliss-reactive ketones (excluding diaryl/α,β-unsaturated/α-hetero) is 1. The molecule has 0 atom stereocenters. The minimum absolute atomic E-state index is 0.301. The van der Waals surface area contributed by atoms with Crippen molar-refractivity contribution in [1.82, 2.24) is 0 Å². The molecule has 0 radical (unpaired) electrons. The summed E-state index contributed by atoms with van der Waals surface area (Å²) in [4.78, 5) is 11.7. The van der Waals surface area contributed by atoms with Crippen LogP contribution in [0.15, 0.2) is 24.3 Å². The molecule has 2 heteroatoms. The lowest BCUT2D eigenvalue weighted by Crippen LogP contribution is -2.00. The van der Waals surface area contributed by atoms with Crippen LogP contribution in [-0.4, -0.2) is 5.78 Å². The summed E-state index contributed by atoms with van der Waals surface area (Å²) >= 11 is 3.39. The standard InChI is InChI=1S/C12H13BrO/c13-8-10-2-1-3-11(6-10)12(14)7-9-4-5-9/h1-3,6,9H,4-5,7-8H2. The first-order valence-electron chi connectivity index (χ1n) is 4.97. The SMILES string of the molecule is O=C(CC1CC1)c1cccc(CBr)c1. The van der Waals surface area contributed by atoms with Crippen LogP contribution in [0.3, 0.4) is 0 Å². The first-order chi connectivity index (χ1) is 6.79. The lowest BCUT2D eigenvalue weighted by atomic mass is 10.0. The Morgan fingerprint density at radius 1 is 1.43 bits per heavy atom. The molecule has 14 heavy (non-hydrogen) atoms. The summed E-state index contributed by atoms with van der Waals surface area (Å²) in [5.74, 6) is 0.977. The summed E-state index contributed by atoms with van der Waals surface area (Å²) < 4.78 is 0. The molecular weight excluding hydrogens is 240 g/mol. The predicted octanol–water partition coefficient (Wildman–Crippen LogP) is 3.56. The van der Waals surface area contributed by atoms with Crippen molar-refractivity contribution < 1.29 is 4.79 Å². The number of rotatable bonds is 4. The van der Waals surface area contributed by atoms with E-state index in [1.807, 2.05) is 24.3 Å². The van der Waals surface area contributed by atoms with Gasteiger partial charge in [0.1, 0.15) is 0 Å². The highest BCUT2D eigenvalue weighted by Crippen LogP contribution is 2.33. The van der Waals surface area contributed by atoms with Crippen LogP contribution in [0.5, 0.6) is 0 Å². The first-order valence-corrected chi connectivity index (χ1v) is 6.10. The van der Waals surface area contributed by atoms with E-state index in [4.69, 9.17) is 0 Å². The minimum atomic E-state index is 0.301. The van der Waals surface area contributed by atoms with E-state index in [1.54, 1.807) is 0 Å². The lowest BCUT2D eigenvalue weighted by molar-refractivity contribution is 0.0976. The van der Waals surface area contributed by atoms with Gasteiger partial charge in [0.2, 0.25) is 0 Å². The van der Waals surface area contributed by atoms with Gasteiger partial charge in [-0.3, -0.25) is 4.79 Å². The van der Waals surface area contributed by atoms with E-state index in [0.29, 0.717) is 11.7 Å². The fraction of sp³-hybridized carbons (Fsp3) is 0.417. The third-order valence-corrected chi connectivity index (χ3v) is 3.22. The van der Waals surface area contributed by atoms with E-state index >= 15 is 0 Å². The molecule has 74 valence electrons. The number of hydrogen-bond acceptors (Lipinski definition) is 1. The molecule has 1 aliphatic rings. The van der Waals surface area contributed by atoms with E-state index in [1.165, 1.54) is 18.4 Å².